The van der Waals surface area contributed by atoms with Crippen LogP contribution in [0.4, 0.5) is 9.93 Å². The van der Waals surface area contributed by atoms with Crippen LogP contribution in [0.15, 0.2) is 30.3 Å². The van der Waals surface area contributed by atoms with Crippen LogP contribution in [0.3, 0.4) is 0 Å². The normalized spacial score (nSPS) is 11.6. The van der Waals surface area contributed by atoms with Crippen LogP contribution in [0, 0.1) is 6.92 Å². The SMILES string of the molecule is CCOC(=O)C[C@H](NC(=O)Nc1nnc(C)s1)c1ccccc1. The number of aromatic nitrogens is 2. The van der Waals surface area contributed by atoms with Gasteiger partial charge in [-0.1, -0.05) is 41.7 Å². The van der Waals surface area contributed by atoms with E-state index in [1.807, 2.05) is 30.3 Å². The van der Waals surface area contributed by atoms with Gasteiger partial charge in [-0.3, -0.25) is 10.1 Å². The number of urea groups is 1. The van der Waals surface area contributed by atoms with Gasteiger partial charge in [-0.15, -0.1) is 10.2 Å². The number of amides is 2. The molecule has 0 radical (unpaired) electrons. The third kappa shape index (κ3) is 5.33. The monoisotopic (exact) mass is 334 g/mol. The van der Waals surface area contributed by atoms with Crippen LogP contribution < -0.4 is 10.6 Å². The molecule has 1 aromatic carbocycles. The van der Waals surface area contributed by atoms with Gasteiger partial charge in [-0.25, -0.2) is 4.79 Å². The summed E-state index contributed by atoms with van der Waals surface area (Å²) in [6, 6.07) is 8.33. The minimum absolute atomic E-state index is 0.0560. The van der Waals surface area contributed by atoms with Crippen LogP contribution in [-0.2, 0) is 9.53 Å². The van der Waals surface area contributed by atoms with Crippen molar-refractivity contribution in [2.75, 3.05) is 11.9 Å². The quantitative estimate of drug-likeness (QED) is 0.792. The van der Waals surface area contributed by atoms with Gasteiger partial charge >= 0.3 is 12.0 Å². The van der Waals surface area contributed by atoms with Crippen LogP contribution in [-0.4, -0.2) is 28.8 Å². The predicted octanol–water partition coefficient (Wildman–Crippen LogP) is 2.66. The molecule has 0 saturated heterocycles. The summed E-state index contributed by atoms with van der Waals surface area (Å²) in [6.45, 7) is 3.85. The van der Waals surface area contributed by atoms with E-state index in [0.29, 0.717) is 11.7 Å². The minimum atomic E-state index is -0.482. The Kier molecular flexibility index (Phi) is 6.04. The van der Waals surface area contributed by atoms with Crippen molar-refractivity contribution in [1.82, 2.24) is 15.5 Å². The number of rotatable bonds is 6. The van der Waals surface area contributed by atoms with E-state index in [-0.39, 0.29) is 12.4 Å². The first-order valence-corrected chi connectivity index (χ1v) is 7.98. The van der Waals surface area contributed by atoms with Gasteiger partial charge in [-0.2, -0.15) is 0 Å². The zero-order chi connectivity index (χ0) is 16.7. The Bertz CT molecular complexity index is 660. The molecular weight excluding hydrogens is 316 g/mol. The summed E-state index contributed by atoms with van der Waals surface area (Å²) in [5, 5.41) is 14.2. The van der Waals surface area contributed by atoms with Gasteiger partial charge in [-0.05, 0) is 19.4 Å². The molecule has 0 aliphatic carbocycles. The number of anilines is 1. The maximum absolute atomic E-state index is 12.1. The van der Waals surface area contributed by atoms with E-state index < -0.39 is 12.1 Å². The van der Waals surface area contributed by atoms with E-state index in [4.69, 9.17) is 4.74 Å². The molecule has 0 bridgehead atoms. The highest BCUT2D eigenvalue weighted by Gasteiger charge is 2.19. The Labute approximate surface area is 138 Å². The molecule has 23 heavy (non-hydrogen) atoms. The molecule has 0 fully saturated rings. The summed E-state index contributed by atoms with van der Waals surface area (Å²) in [6.07, 6.45) is 0.0560. The zero-order valence-electron chi connectivity index (χ0n) is 12.9. The number of esters is 1. The van der Waals surface area contributed by atoms with Gasteiger partial charge < -0.3 is 10.1 Å². The Hall–Kier alpha value is -2.48. The van der Waals surface area contributed by atoms with Gasteiger partial charge in [0.05, 0.1) is 19.1 Å². The lowest BCUT2D eigenvalue weighted by Crippen LogP contribution is -2.34. The van der Waals surface area contributed by atoms with Gasteiger partial charge in [0.25, 0.3) is 0 Å². The summed E-state index contributed by atoms with van der Waals surface area (Å²) >= 11 is 1.28. The lowest BCUT2D eigenvalue weighted by Gasteiger charge is -2.18. The number of nitrogens with zero attached hydrogens (tertiary/aromatic N) is 2. The topological polar surface area (TPSA) is 93.2 Å². The van der Waals surface area contributed by atoms with Crippen molar-refractivity contribution < 1.29 is 14.3 Å². The van der Waals surface area contributed by atoms with E-state index >= 15 is 0 Å². The molecule has 0 unspecified atom stereocenters. The lowest BCUT2D eigenvalue weighted by molar-refractivity contribution is -0.143. The summed E-state index contributed by atoms with van der Waals surface area (Å²) in [5.74, 6) is -0.367. The van der Waals surface area contributed by atoms with Crippen LogP contribution in [0.5, 0.6) is 0 Å². The van der Waals surface area contributed by atoms with Crippen molar-refractivity contribution in [1.29, 1.82) is 0 Å². The molecule has 0 saturated carbocycles. The van der Waals surface area contributed by atoms with Crippen molar-refractivity contribution in [3.63, 3.8) is 0 Å². The van der Waals surface area contributed by atoms with Gasteiger partial charge in [0, 0.05) is 0 Å². The molecule has 2 N–H and O–H groups in total. The Morgan fingerprint density at radius 3 is 2.61 bits per heavy atom. The fourth-order valence-electron chi connectivity index (χ4n) is 1.96. The number of carbonyl (C=O) groups is 2. The van der Waals surface area contributed by atoms with Gasteiger partial charge in [0.15, 0.2) is 0 Å². The molecule has 1 atom stereocenters. The molecule has 2 amide bonds. The summed E-state index contributed by atoms with van der Waals surface area (Å²) in [4.78, 5) is 23.9. The number of hydrogen-bond donors (Lipinski definition) is 2. The summed E-state index contributed by atoms with van der Waals surface area (Å²) < 4.78 is 4.97. The Balaban J connectivity index is 2.04. The van der Waals surface area contributed by atoms with Crippen molar-refractivity contribution in [3.05, 3.63) is 40.9 Å². The molecule has 8 heteroatoms. The number of nitrogens with one attached hydrogen (secondary N) is 2. The highest BCUT2D eigenvalue weighted by atomic mass is 32.1. The van der Waals surface area contributed by atoms with E-state index in [1.54, 1.807) is 13.8 Å². The minimum Gasteiger partial charge on any atom is -0.466 e. The number of benzene rings is 1. The first kappa shape index (κ1) is 16.9. The molecular formula is C15H18N4O3S. The molecule has 122 valence electrons. The average molecular weight is 334 g/mol. The Morgan fingerprint density at radius 1 is 1.26 bits per heavy atom. The first-order chi connectivity index (χ1) is 11.1. The fourth-order valence-corrected chi connectivity index (χ4v) is 2.55. The summed E-state index contributed by atoms with van der Waals surface area (Å²) in [5.41, 5.74) is 0.823. The Morgan fingerprint density at radius 2 is 2.00 bits per heavy atom. The van der Waals surface area contributed by atoms with Gasteiger partial charge in [0.2, 0.25) is 5.13 Å². The average Bonchev–Trinajstić information content (AvgIpc) is 2.92. The lowest BCUT2D eigenvalue weighted by atomic mass is 10.0. The van der Waals surface area contributed by atoms with Crippen molar-refractivity contribution in [3.8, 4) is 0 Å². The molecule has 0 aliphatic heterocycles. The number of ether oxygens (including phenoxy) is 1. The van der Waals surface area contributed by atoms with Crippen LogP contribution in [0.25, 0.3) is 0 Å². The van der Waals surface area contributed by atoms with Crippen molar-refractivity contribution in [2.24, 2.45) is 0 Å². The number of carbonyl (C=O) groups excluding carboxylic acids is 2. The van der Waals surface area contributed by atoms with Gasteiger partial charge in [0.1, 0.15) is 5.01 Å². The predicted molar refractivity (Wildman–Crippen MR) is 87.2 cm³/mol. The molecule has 0 spiro atoms. The highest BCUT2D eigenvalue weighted by Crippen LogP contribution is 2.18. The first-order valence-electron chi connectivity index (χ1n) is 7.16. The molecule has 2 aromatic rings. The van der Waals surface area contributed by atoms with Crippen molar-refractivity contribution in [2.45, 2.75) is 26.3 Å². The van der Waals surface area contributed by atoms with E-state index in [1.165, 1.54) is 11.3 Å². The van der Waals surface area contributed by atoms with Crippen LogP contribution >= 0.6 is 11.3 Å². The van der Waals surface area contributed by atoms with Crippen LogP contribution in [0.2, 0.25) is 0 Å². The number of aryl methyl sites for hydroxylation is 1. The van der Waals surface area contributed by atoms with Crippen molar-refractivity contribution >= 4 is 28.5 Å². The molecule has 7 nitrogen and oxygen atoms in total. The highest BCUT2D eigenvalue weighted by molar-refractivity contribution is 7.15. The largest absolute Gasteiger partial charge is 0.466 e. The molecule has 2 rings (SSSR count). The summed E-state index contributed by atoms with van der Waals surface area (Å²) in [7, 11) is 0. The van der Waals surface area contributed by atoms with E-state index in [2.05, 4.69) is 20.8 Å². The maximum atomic E-state index is 12.1. The standard InChI is InChI=1S/C15H18N4O3S/c1-3-22-13(20)9-12(11-7-5-4-6-8-11)16-14(21)17-15-19-18-10(2)23-15/h4-8,12H,3,9H2,1-2H3,(H2,16,17,19,21)/t12-/m0/s1. The molecule has 1 aromatic heterocycles. The van der Waals surface area contributed by atoms with E-state index in [0.717, 1.165) is 10.6 Å². The third-order valence-corrected chi connectivity index (χ3v) is 3.68. The van der Waals surface area contributed by atoms with E-state index in [9.17, 15) is 9.59 Å². The maximum Gasteiger partial charge on any atom is 0.321 e. The second-order valence-electron chi connectivity index (χ2n) is 4.70. The number of hydrogen-bond acceptors (Lipinski definition) is 6. The zero-order valence-corrected chi connectivity index (χ0v) is 13.7. The fraction of sp³-hybridized carbons (Fsp3) is 0.333. The second-order valence-corrected chi connectivity index (χ2v) is 5.88. The smallest absolute Gasteiger partial charge is 0.321 e. The molecule has 1 heterocycles. The second kappa shape index (κ2) is 8.23. The van der Waals surface area contributed by atoms with Crippen LogP contribution in [0.1, 0.15) is 30.0 Å². The third-order valence-electron chi connectivity index (χ3n) is 2.93. The molecule has 0 aliphatic rings.